The van der Waals surface area contributed by atoms with Crippen LogP contribution >= 0.6 is 0 Å². The molecule has 0 aliphatic carbocycles. The smallest absolute Gasteiger partial charge is 0.243 e. The third-order valence-corrected chi connectivity index (χ3v) is 6.38. The van der Waals surface area contributed by atoms with E-state index in [9.17, 15) is 8.42 Å². The first-order valence-electron chi connectivity index (χ1n) is 8.23. The number of nitrogens with one attached hydrogen (secondary N) is 1. The summed E-state index contributed by atoms with van der Waals surface area (Å²) in [5, 5.41) is 7.65. The summed E-state index contributed by atoms with van der Waals surface area (Å²) in [6, 6.07) is 7.41. The summed E-state index contributed by atoms with van der Waals surface area (Å²) in [5.74, 6) is 0. The second-order valence-corrected chi connectivity index (χ2v) is 8.33. The molecule has 1 aliphatic heterocycles. The molecule has 6 nitrogen and oxygen atoms in total. The minimum Gasteiger partial charge on any atom is -0.310 e. The SMILES string of the molecule is Cc1ccc(S(=O)(=O)N2CCC(NCc3cnn(C)c3)CC2)cc1. The lowest BCUT2D eigenvalue weighted by atomic mass is 10.1. The standard InChI is InChI=1S/C17H24N4O2S/c1-14-3-5-17(6-4-14)24(22,23)21-9-7-16(8-10-21)18-11-15-12-19-20(2)13-15/h3-6,12-13,16,18H,7-11H2,1-2H3. The van der Waals surface area contributed by atoms with E-state index < -0.39 is 10.0 Å². The molecule has 3 rings (SSSR count). The van der Waals surface area contributed by atoms with Gasteiger partial charge in [0.1, 0.15) is 0 Å². The van der Waals surface area contributed by atoms with E-state index in [0.717, 1.165) is 30.5 Å². The summed E-state index contributed by atoms with van der Waals surface area (Å²) in [6.07, 6.45) is 5.49. The van der Waals surface area contributed by atoms with Gasteiger partial charge in [-0.1, -0.05) is 17.7 Å². The minimum atomic E-state index is -3.37. The van der Waals surface area contributed by atoms with Crippen molar-refractivity contribution in [1.29, 1.82) is 0 Å². The van der Waals surface area contributed by atoms with Crippen LogP contribution in [0, 0.1) is 6.92 Å². The van der Waals surface area contributed by atoms with Gasteiger partial charge < -0.3 is 5.32 Å². The van der Waals surface area contributed by atoms with Crippen molar-refractivity contribution in [2.75, 3.05) is 13.1 Å². The fraction of sp³-hybridized carbons (Fsp3) is 0.471. The number of rotatable bonds is 5. The van der Waals surface area contributed by atoms with Crippen molar-refractivity contribution in [2.45, 2.75) is 37.2 Å². The Balaban J connectivity index is 1.55. The van der Waals surface area contributed by atoms with Crippen LogP contribution in [0.4, 0.5) is 0 Å². The highest BCUT2D eigenvalue weighted by molar-refractivity contribution is 7.89. The Bertz CT molecular complexity index is 775. The molecular weight excluding hydrogens is 324 g/mol. The Morgan fingerprint density at radius 2 is 1.88 bits per heavy atom. The van der Waals surface area contributed by atoms with Gasteiger partial charge in [-0.25, -0.2) is 8.42 Å². The number of sulfonamides is 1. The van der Waals surface area contributed by atoms with Gasteiger partial charge in [-0.15, -0.1) is 0 Å². The zero-order valence-electron chi connectivity index (χ0n) is 14.1. The molecule has 1 aromatic carbocycles. The van der Waals surface area contributed by atoms with Gasteiger partial charge in [-0.3, -0.25) is 4.68 Å². The number of piperidine rings is 1. The van der Waals surface area contributed by atoms with Crippen molar-refractivity contribution >= 4 is 10.0 Å². The van der Waals surface area contributed by atoms with Gasteiger partial charge in [0.05, 0.1) is 11.1 Å². The summed E-state index contributed by atoms with van der Waals surface area (Å²) < 4.78 is 28.7. The summed E-state index contributed by atoms with van der Waals surface area (Å²) in [7, 11) is -1.47. The third-order valence-electron chi connectivity index (χ3n) is 4.47. The molecule has 2 aromatic rings. The monoisotopic (exact) mass is 348 g/mol. The maximum atomic E-state index is 12.7. The first-order chi connectivity index (χ1) is 11.4. The van der Waals surface area contributed by atoms with E-state index in [1.807, 2.05) is 38.5 Å². The molecule has 1 fully saturated rings. The first kappa shape index (κ1) is 17.1. The largest absolute Gasteiger partial charge is 0.310 e. The fourth-order valence-electron chi connectivity index (χ4n) is 2.98. The van der Waals surface area contributed by atoms with Gasteiger partial charge in [-0.05, 0) is 31.9 Å². The van der Waals surface area contributed by atoms with Crippen molar-refractivity contribution in [2.24, 2.45) is 7.05 Å². The van der Waals surface area contributed by atoms with Crippen molar-refractivity contribution in [3.05, 3.63) is 47.8 Å². The van der Waals surface area contributed by atoms with Gasteiger partial charge >= 0.3 is 0 Å². The van der Waals surface area contributed by atoms with Gasteiger partial charge in [0.2, 0.25) is 10.0 Å². The van der Waals surface area contributed by atoms with Crippen LogP contribution in [0.3, 0.4) is 0 Å². The van der Waals surface area contributed by atoms with Crippen LogP contribution in [0.15, 0.2) is 41.6 Å². The predicted octanol–water partition coefficient (Wildman–Crippen LogP) is 1.67. The molecule has 1 aromatic heterocycles. The second-order valence-electron chi connectivity index (χ2n) is 6.39. The zero-order chi connectivity index (χ0) is 17.2. The Kier molecular flexibility index (Phi) is 5.03. The Morgan fingerprint density at radius 1 is 1.21 bits per heavy atom. The lowest BCUT2D eigenvalue weighted by Gasteiger charge is -2.31. The molecule has 1 N–H and O–H groups in total. The fourth-order valence-corrected chi connectivity index (χ4v) is 4.45. The molecule has 1 aliphatic rings. The highest BCUT2D eigenvalue weighted by Gasteiger charge is 2.29. The van der Waals surface area contributed by atoms with Crippen molar-refractivity contribution in [3.63, 3.8) is 0 Å². The van der Waals surface area contributed by atoms with E-state index in [0.29, 0.717) is 24.0 Å². The maximum Gasteiger partial charge on any atom is 0.243 e. The van der Waals surface area contributed by atoms with E-state index >= 15 is 0 Å². The number of benzene rings is 1. The normalized spacial score (nSPS) is 17.2. The Morgan fingerprint density at radius 3 is 2.46 bits per heavy atom. The highest BCUT2D eigenvalue weighted by Crippen LogP contribution is 2.21. The molecule has 0 unspecified atom stereocenters. The molecule has 0 spiro atoms. The average Bonchev–Trinajstić information content (AvgIpc) is 2.99. The van der Waals surface area contributed by atoms with Crippen LogP contribution in [0.1, 0.15) is 24.0 Å². The van der Waals surface area contributed by atoms with Crippen LogP contribution in [0.2, 0.25) is 0 Å². The lowest BCUT2D eigenvalue weighted by molar-refractivity contribution is 0.288. The quantitative estimate of drug-likeness (QED) is 0.893. The van der Waals surface area contributed by atoms with Gasteiger partial charge in [-0.2, -0.15) is 9.40 Å². The molecular formula is C17H24N4O2S. The van der Waals surface area contributed by atoms with Crippen LogP contribution in [-0.2, 0) is 23.6 Å². The van der Waals surface area contributed by atoms with Crippen molar-refractivity contribution < 1.29 is 8.42 Å². The zero-order valence-corrected chi connectivity index (χ0v) is 15.0. The summed E-state index contributed by atoms with van der Waals surface area (Å²) >= 11 is 0. The van der Waals surface area contributed by atoms with E-state index in [1.54, 1.807) is 21.1 Å². The third kappa shape index (κ3) is 3.85. The lowest BCUT2D eigenvalue weighted by Crippen LogP contribution is -2.44. The number of aryl methyl sites for hydroxylation is 2. The Labute approximate surface area is 143 Å². The van der Waals surface area contributed by atoms with Crippen LogP contribution in [0.25, 0.3) is 0 Å². The Hall–Kier alpha value is -1.70. The number of hydrogen-bond acceptors (Lipinski definition) is 4. The number of nitrogens with zero attached hydrogens (tertiary/aromatic N) is 3. The van der Waals surface area contributed by atoms with E-state index in [4.69, 9.17) is 0 Å². The van der Waals surface area contributed by atoms with Crippen molar-refractivity contribution in [1.82, 2.24) is 19.4 Å². The molecule has 0 radical (unpaired) electrons. The highest BCUT2D eigenvalue weighted by atomic mass is 32.2. The van der Waals surface area contributed by atoms with Gasteiger partial charge in [0, 0.05) is 44.5 Å². The minimum absolute atomic E-state index is 0.342. The van der Waals surface area contributed by atoms with Crippen LogP contribution in [-0.4, -0.2) is 41.6 Å². The molecule has 2 heterocycles. The molecule has 0 amide bonds. The topological polar surface area (TPSA) is 67.2 Å². The number of aromatic nitrogens is 2. The number of hydrogen-bond donors (Lipinski definition) is 1. The predicted molar refractivity (Wildman–Crippen MR) is 93.0 cm³/mol. The molecule has 130 valence electrons. The summed E-state index contributed by atoms with van der Waals surface area (Å²) in [6.45, 7) is 3.83. The average molecular weight is 348 g/mol. The van der Waals surface area contributed by atoms with Crippen LogP contribution < -0.4 is 5.32 Å². The van der Waals surface area contributed by atoms with Gasteiger partial charge in [0.25, 0.3) is 0 Å². The molecule has 0 bridgehead atoms. The van der Waals surface area contributed by atoms with E-state index in [2.05, 4.69) is 10.4 Å². The molecule has 0 atom stereocenters. The first-order valence-corrected chi connectivity index (χ1v) is 9.67. The van der Waals surface area contributed by atoms with E-state index in [1.165, 1.54) is 0 Å². The van der Waals surface area contributed by atoms with E-state index in [-0.39, 0.29) is 0 Å². The molecule has 24 heavy (non-hydrogen) atoms. The molecule has 0 saturated carbocycles. The van der Waals surface area contributed by atoms with Gasteiger partial charge in [0.15, 0.2) is 0 Å². The van der Waals surface area contributed by atoms with Crippen LogP contribution in [0.5, 0.6) is 0 Å². The second kappa shape index (κ2) is 7.04. The summed E-state index contributed by atoms with van der Waals surface area (Å²) in [5.41, 5.74) is 2.21. The maximum absolute atomic E-state index is 12.7. The van der Waals surface area contributed by atoms with Crippen molar-refractivity contribution in [3.8, 4) is 0 Å². The molecule has 1 saturated heterocycles. The molecule has 7 heteroatoms. The summed E-state index contributed by atoms with van der Waals surface area (Å²) in [4.78, 5) is 0.384.